The summed E-state index contributed by atoms with van der Waals surface area (Å²) >= 11 is 0. The van der Waals surface area contributed by atoms with Crippen molar-refractivity contribution in [3.8, 4) is 0 Å². The maximum absolute atomic E-state index is 10.2. The van der Waals surface area contributed by atoms with Gasteiger partial charge in [0, 0.05) is 32.2 Å². The molecule has 1 aliphatic heterocycles. The Hall–Kier alpha value is -0.160. The molecule has 4 heteroatoms. The topological polar surface area (TPSA) is 35.9 Å². The zero-order chi connectivity index (χ0) is 13.5. The van der Waals surface area contributed by atoms with E-state index in [1.165, 1.54) is 38.5 Å². The van der Waals surface area contributed by atoms with Crippen LogP contribution >= 0.6 is 0 Å². The molecule has 1 atom stereocenters. The van der Waals surface area contributed by atoms with E-state index in [4.69, 9.17) is 4.74 Å². The summed E-state index contributed by atoms with van der Waals surface area (Å²) in [5.41, 5.74) is 0. The quantitative estimate of drug-likeness (QED) is 0.765. The molecule has 112 valence electrons. The molecule has 1 saturated carbocycles. The van der Waals surface area contributed by atoms with E-state index in [0.29, 0.717) is 6.04 Å². The third-order valence-electron chi connectivity index (χ3n) is 4.52. The molecule has 0 aromatic carbocycles. The standard InChI is InChI=1S/C15H30N2O2/c1-16(14-6-4-2-3-5-7-14)12-15(18)13-17-8-10-19-11-9-17/h14-15,18H,2-13H2,1H3. The molecule has 0 aromatic heterocycles. The second-order valence-corrected chi connectivity index (χ2v) is 6.15. The number of morpholine rings is 1. The van der Waals surface area contributed by atoms with Crippen molar-refractivity contribution < 1.29 is 9.84 Å². The minimum Gasteiger partial charge on any atom is -0.390 e. The lowest BCUT2D eigenvalue weighted by atomic mass is 10.1. The van der Waals surface area contributed by atoms with E-state index in [0.717, 1.165) is 39.4 Å². The largest absolute Gasteiger partial charge is 0.390 e. The van der Waals surface area contributed by atoms with Crippen LogP contribution in [-0.2, 0) is 4.74 Å². The lowest BCUT2D eigenvalue weighted by Gasteiger charge is -2.32. The summed E-state index contributed by atoms with van der Waals surface area (Å²) in [6.45, 7) is 5.15. The van der Waals surface area contributed by atoms with Crippen LogP contribution in [0.4, 0.5) is 0 Å². The van der Waals surface area contributed by atoms with E-state index in [1.54, 1.807) is 0 Å². The molecule has 1 unspecified atom stereocenters. The molecular formula is C15H30N2O2. The molecular weight excluding hydrogens is 240 g/mol. The first-order valence-electron chi connectivity index (χ1n) is 7.94. The fourth-order valence-electron chi connectivity index (χ4n) is 3.32. The van der Waals surface area contributed by atoms with Gasteiger partial charge in [0.25, 0.3) is 0 Å². The Morgan fingerprint density at radius 3 is 2.42 bits per heavy atom. The molecule has 0 spiro atoms. The van der Waals surface area contributed by atoms with Crippen molar-refractivity contribution in [2.24, 2.45) is 0 Å². The van der Waals surface area contributed by atoms with Crippen molar-refractivity contribution in [1.29, 1.82) is 0 Å². The molecule has 0 radical (unpaired) electrons. The number of likely N-dealkylation sites (N-methyl/N-ethyl adjacent to an activating group) is 1. The first-order chi connectivity index (χ1) is 9.25. The molecule has 1 heterocycles. The smallest absolute Gasteiger partial charge is 0.0793 e. The number of nitrogens with zero attached hydrogens (tertiary/aromatic N) is 2. The van der Waals surface area contributed by atoms with Gasteiger partial charge in [0.05, 0.1) is 19.3 Å². The predicted molar refractivity (Wildman–Crippen MR) is 77.4 cm³/mol. The zero-order valence-electron chi connectivity index (χ0n) is 12.4. The molecule has 1 saturated heterocycles. The Labute approximate surface area is 117 Å². The van der Waals surface area contributed by atoms with Gasteiger partial charge in [0.1, 0.15) is 0 Å². The fraction of sp³-hybridized carbons (Fsp3) is 1.00. The van der Waals surface area contributed by atoms with E-state index in [1.807, 2.05) is 0 Å². The number of rotatable bonds is 5. The predicted octanol–water partition coefficient (Wildman–Crippen LogP) is 1.33. The van der Waals surface area contributed by atoms with Crippen molar-refractivity contribution in [2.75, 3.05) is 46.4 Å². The molecule has 0 amide bonds. The fourth-order valence-corrected chi connectivity index (χ4v) is 3.32. The molecule has 1 N–H and O–H groups in total. The summed E-state index contributed by atoms with van der Waals surface area (Å²) in [6.07, 6.45) is 7.87. The summed E-state index contributed by atoms with van der Waals surface area (Å²) in [6, 6.07) is 0.682. The van der Waals surface area contributed by atoms with E-state index in [9.17, 15) is 5.11 Å². The minimum absolute atomic E-state index is 0.230. The molecule has 4 nitrogen and oxygen atoms in total. The first kappa shape index (κ1) is 15.2. The van der Waals surface area contributed by atoms with Gasteiger partial charge in [-0.25, -0.2) is 0 Å². The van der Waals surface area contributed by atoms with Gasteiger partial charge in [-0.1, -0.05) is 25.7 Å². The van der Waals surface area contributed by atoms with Crippen LogP contribution in [0.3, 0.4) is 0 Å². The highest BCUT2D eigenvalue weighted by Crippen LogP contribution is 2.21. The van der Waals surface area contributed by atoms with Crippen LogP contribution in [0.2, 0.25) is 0 Å². The van der Waals surface area contributed by atoms with Crippen LogP contribution in [0.15, 0.2) is 0 Å². The summed E-state index contributed by atoms with van der Waals surface area (Å²) in [5, 5.41) is 10.2. The second-order valence-electron chi connectivity index (χ2n) is 6.15. The van der Waals surface area contributed by atoms with Crippen LogP contribution < -0.4 is 0 Å². The van der Waals surface area contributed by atoms with E-state index in [2.05, 4.69) is 16.8 Å². The van der Waals surface area contributed by atoms with Crippen LogP contribution in [0.1, 0.15) is 38.5 Å². The van der Waals surface area contributed by atoms with Crippen LogP contribution in [0.25, 0.3) is 0 Å². The Balaban J connectivity index is 1.69. The number of ether oxygens (including phenoxy) is 1. The van der Waals surface area contributed by atoms with Gasteiger partial charge in [-0.05, 0) is 19.9 Å². The van der Waals surface area contributed by atoms with Gasteiger partial charge < -0.3 is 14.7 Å². The van der Waals surface area contributed by atoms with Crippen LogP contribution in [0.5, 0.6) is 0 Å². The van der Waals surface area contributed by atoms with Gasteiger partial charge in [-0.3, -0.25) is 4.90 Å². The number of hydrogen-bond donors (Lipinski definition) is 1. The van der Waals surface area contributed by atoms with E-state index in [-0.39, 0.29) is 6.10 Å². The van der Waals surface area contributed by atoms with Crippen molar-refractivity contribution >= 4 is 0 Å². The Morgan fingerprint density at radius 1 is 1.16 bits per heavy atom. The Bertz CT molecular complexity index is 236. The van der Waals surface area contributed by atoms with Crippen molar-refractivity contribution in [1.82, 2.24) is 9.80 Å². The monoisotopic (exact) mass is 270 g/mol. The highest BCUT2D eigenvalue weighted by atomic mass is 16.5. The normalized spacial score (nSPS) is 25.4. The summed E-state index contributed by atoms with van der Waals surface area (Å²) in [7, 11) is 2.18. The lowest BCUT2D eigenvalue weighted by molar-refractivity contribution is 0.00524. The lowest BCUT2D eigenvalue weighted by Crippen LogP contribution is -2.45. The van der Waals surface area contributed by atoms with Crippen LogP contribution in [-0.4, -0.2) is 73.5 Å². The van der Waals surface area contributed by atoms with Gasteiger partial charge in [-0.15, -0.1) is 0 Å². The van der Waals surface area contributed by atoms with Gasteiger partial charge in [0.15, 0.2) is 0 Å². The minimum atomic E-state index is -0.230. The summed E-state index contributed by atoms with van der Waals surface area (Å²) in [4.78, 5) is 4.70. The summed E-state index contributed by atoms with van der Waals surface area (Å²) < 4.78 is 5.34. The SMILES string of the molecule is CN(CC(O)CN1CCOCC1)C1CCCCCC1. The highest BCUT2D eigenvalue weighted by molar-refractivity contribution is 4.76. The van der Waals surface area contributed by atoms with E-state index < -0.39 is 0 Å². The number of hydrogen-bond acceptors (Lipinski definition) is 4. The first-order valence-corrected chi connectivity index (χ1v) is 7.94. The van der Waals surface area contributed by atoms with Gasteiger partial charge in [0.2, 0.25) is 0 Å². The molecule has 0 aromatic rings. The molecule has 2 fully saturated rings. The van der Waals surface area contributed by atoms with Gasteiger partial charge >= 0.3 is 0 Å². The van der Waals surface area contributed by atoms with Crippen molar-refractivity contribution in [3.05, 3.63) is 0 Å². The van der Waals surface area contributed by atoms with E-state index >= 15 is 0 Å². The maximum atomic E-state index is 10.2. The van der Waals surface area contributed by atoms with Crippen molar-refractivity contribution in [2.45, 2.75) is 50.7 Å². The molecule has 0 bridgehead atoms. The Morgan fingerprint density at radius 2 is 1.79 bits per heavy atom. The third-order valence-corrected chi connectivity index (χ3v) is 4.52. The number of β-amino-alcohol motifs (C(OH)–C–C–N with tert-alkyl or cyclic N) is 1. The molecule has 2 aliphatic rings. The third kappa shape index (κ3) is 5.38. The number of aliphatic hydroxyl groups excluding tert-OH is 1. The average Bonchev–Trinajstić information content (AvgIpc) is 2.68. The molecule has 2 rings (SSSR count). The summed E-state index contributed by atoms with van der Waals surface area (Å²) in [5.74, 6) is 0. The molecule has 19 heavy (non-hydrogen) atoms. The zero-order valence-corrected chi connectivity index (χ0v) is 12.4. The Kier molecular flexibility index (Phi) is 6.57. The maximum Gasteiger partial charge on any atom is 0.0793 e. The highest BCUT2D eigenvalue weighted by Gasteiger charge is 2.21. The van der Waals surface area contributed by atoms with Crippen molar-refractivity contribution in [3.63, 3.8) is 0 Å². The average molecular weight is 270 g/mol. The van der Waals surface area contributed by atoms with Gasteiger partial charge in [-0.2, -0.15) is 0 Å². The molecule has 1 aliphatic carbocycles. The number of aliphatic hydroxyl groups is 1. The second kappa shape index (κ2) is 8.20. The van der Waals surface area contributed by atoms with Crippen LogP contribution in [0, 0.1) is 0 Å².